The molecule has 2 rings (SSSR count). The first-order valence-corrected chi connectivity index (χ1v) is 6.50. The molecule has 0 aliphatic rings. The molecule has 0 amide bonds. The van der Waals surface area contributed by atoms with Gasteiger partial charge in [-0.1, -0.05) is 18.2 Å². The van der Waals surface area contributed by atoms with Crippen LogP contribution in [-0.4, -0.2) is 29.0 Å². The average Bonchev–Trinajstić information content (AvgIpc) is 2.75. The molecule has 0 aliphatic carbocycles. The molecule has 0 saturated heterocycles. The summed E-state index contributed by atoms with van der Waals surface area (Å²) in [6.45, 7) is 3.37. The fraction of sp³-hybridized carbons (Fsp3) is 0.143. The largest absolute Gasteiger partial charge is 0.465 e. The van der Waals surface area contributed by atoms with Gasteiger partial charge in [-0.05, 0) is 24.3 Å². The Kier molecular flexibility index (Phi) is 4.37. The Labute approximate surface area is 132 Å². The number of benzene rings is 1. The topological polar surface area (TPSA) is 64.1 Å². The van der Waals surface area contributed by atoms with Crippen molar-refractivity contribution in [3.8, 4) is 5.69 Å². The van der Waals surface area contributed by atoms with E-state index in [2.05, 4.69) is 16.4 Å². The predicted octanol–water partition coefficient (Wildman–Crippen LogP) is 1.12. The monoisotopic (exact) mass is 346 g/mol. The normalized spacial score (nSPS) is 12.9. The Balaban J connectivity index is 2.87. The van der Waals surface area contributed by atoms with Crippen molar-refractivity contribution < 1.29 is 22.7 Å². The molecule has 0 spiro atoms. The lowest BCUT2D eigenvalue weighted by Gasteiger charge is -2.07. The SMILES string of the molecule is C=c1[nH]n(-c2ccc(Cl)cc2)c(=O)c1=C(C(=O)OC)C(F)(F)F. The molecule has 1 aromatic carbocycles. The van der Waals surface area contributed by atoms with E-state index < -0.39 is 28.5 Å². The molecule has 23 heavy (non-hydrogen) atoms. The highest BCUT2D eigenvalue weighted by molar-refractivity contribution is 6.30. The number of aromatic nitrogens is 2. The summed E-state index contributed by atoms with van der Waals surface area (Å²) in [7, 11) is 0.793. The van der Waals surface area contributed by atoms with Crippen molar-refractivity contribution in [2.24, 2.45) is 0 Å². The summed E-state index contributed by atoms with van der Waals surface area (Å²) in [4.78, 5) is 23.8. The molecule has 0 aliphatic heterocycles. The lowest BCUT2D eigenvalue weighted by atomic mass is 10.2. The maximum absolute atomic E-state index is 13.1. The molecule has 0 fully saturated rings. The number of H-pyrrole nitrogens is 1. The minimum atomic E-state index is -5.07. The van der Waals surface area contributed by atoms with E-state index in [9.17, 15) is 22.8 Å². The summed E-state index contributed by atoms with van der Waals surface area (Å²) in [5, 5.41) is 1.54. The first-order chi connectivity index (χ1) is 10.7. The van der Waals surface area contributed by atoms with Crippen LogP contribution in [0, 0.1) is 0 Å². The summed E-state index contributed by atoms with van der Waals surface area (Å²) < 4.78 is 44.3. The predicted molar refractivity (Wildman–Crippen MR) is 77.7 cm³/mol. The number of nitrogens with one attached hydrogen (secondary N) is 1. The molecule has 1 N–H and O–H groups in total. The minimum absolute atomic E-state index is 0.238. The molecule has 0 unspecified atom stereocenters. The summed E-state index contributed by atoms with van der Waals surface area (Å²) in [6.07, 6.45) is -5.07. The van der Waals surface area contributed by atoms with Crippen LogP contribution in [0.3, 0.4) is 0 Å². The number of hydrogen-bond donors (Lipinski definition) is 1. The van der Waals surface area contributed by atoms with E-state index in [-0.39, 0.29) is 11.0 Å². The standard InChI is InChI=1S/C14H10ClF3N2O3/c1-7-10(11(13(22)23-2)14(16,17)18)12(21)20(19-7)9-5-3-8(15)4-6-9/h3-6,19H,1H2,2H3. The van der Waals surface area contributed by atoms with Crippen LogP contribution in [0.25, 0.3) is 17.8 Å². The molecular formula is C14H10ClF3N2O3. The first-order valence-electron chi connectivity index (χ1n) is 6.12. The Morgan fingerprint density at radius 3 is 2.35 bits per heavy atom. The van der Waals surface area contributed by atoms with Crippen LogP contribution in [0.15, 0.2) is 29.1 Å². The van der Waals surface area contributed by atoms with Gasteiger partial charge in [-0.3, -0.25) is 9.89 Å². The van der Waals surface area contributed by atoms with Crippen molar-refractivity contribution in [3.05, 3.63) is 50.2 Å². The smallest absolute Gasteiger partial charge is 0.424 e. The number of carbonyl (C=O) groups excluding carboxylic acids is 1. The molecule has 0 atom stereocenters. The fourth-order valence-electron chi connectivity index (χ4n) is 1.97. The van der Waals surface area contributed by atoms with Crippen LogP contribution in [0.5, 0.6) is 0 Å². The van der Waals surface area contributed by atoms with Crippen molar-refractivity contribution in [1.82, 2.24) is 9.78 Å². The highest BCUT2D eigenvalue weighted by atomic mass is 35.5. The van der Waals surface area contributed by atoms with Gasteiger partial charge in [0.05, 0.1) is 23.4 Å². The van der Waals surface area contributed by atoms with E-state index in [0.717, 1.165) is 11.8 Å². The molecule has 5 nitrogen and oxygen atoms in total. The van der Waals surface area contributed by atoms with Crippen molar-refractivity contribution >= 4 is 29.7 Å². The molecule has 1 aromatic heterocycles. The summed E-state index contributed by atoms with van der Waals surface area (Å²) >= 11 is 5.72. The van der Waals surface area contributed by atoms with Crippen LogP contribution in [0.2, 0.25) is 5.02 Å². The molecule has 9 heteroatoms. The number of carbonyl (C=O) groups is 1. The molecule has 0 bridgehead atoms. The van der Waals surface area contributed by atoms with Crippen molar-refractivity contribution in [2.75, 3.05) is 7.11 Å². The van der Waals surface area contributed by atoms with Crippen molar-refractivity contribution in [3.63, 3.8) is 0 Å². The number of aromatic amines is 1. The lowest BCUT2D eigenvalue weighted by molar-refractivity contribution is -0.140. The fourth-order valence-corrected chi connectivity index (χ4v) is 2.10. The third-order valence-electron chi connectivity index (χ3n) is 2.97. The lowest BCUT2D eigenvalue weighted by Crippen LogP contribution is -2.42. The second kappa shape index (κ2) is 5.96. The maximum atomic E-state index is 13.1. The Bertz CT molecular complexity index is 911. The van der Waals surface area contributed by atoms with Gasteiger partial charge < -0.3 is 4.74 Å². The van der Waals surface area contributed by atoms with Crippen LogP contribution in [0.4, 0.5) is 13.2 Å². The van der Waals surface area contributed by atoms with Gasteiger partial charge in [0.2, 0.25) is 0 Å². The Morgan fingerprint density at radius 1 is 1.30 bits per heavy atom. The highest BCUT2D eigenvalue weighted by Gasteiger charge is 2.41. The number of esters is 1. The van der Waals surface area contributed by atoms with Crippen molar-refractivity contribution in [2.45, 2.75) is 6.18 Å². The summed E-state index contributed by atoms with van der Waals surface area (Å²) in [6, 6.07) is 5.77. The quantitative estimate of drug-likeness (QED) is 0.829. The maximum Gasteiger partial charge on any atom is 0.424 e. The highest BCUT2D eigenvalue weighted by Crippen LogP contribution is 2.26. The number of rotatable bonds is 2. The van der Waals surface area contributed by atoms with Gasteiger partial charge in [0.1, 0.15) is 0 Å². The van der Waals surface area contributed by atoms with E-state index in [4.69, 9.17) is 11.6 Å². The van der Waals surface area contributed by atoms with Crippen LogP contribution in [0.1, 0.15) is 0 Å². The molecule has 0 saturated carbocycles. The van der Waals surface area contributed by atoms with Gasteiger partial charge in [-0.15, -0.1) is 0 Å². The molecule has 1 heterocycles. The van der Waals surface area contributed by atoms with E-state index in [0.29, 0.717) is 5.02 Å². The number of nitrogens with zero attached hydrogens (tertiary/aromatic N) is 1. The number of methoxy groups -OCH3 is 1. The third kappa shape index (κ3) is 3.16. The molecule has 2 aromatic rings. The Hall–Kier alpha value is -2.48. The van der Waals surface area contributed by atoms with Crippen molar-refractivity contribution in [1.29, 1.82) is 0 Å². The van der Waals surface area contributed by atoms with Crippen LogP contribution in [-0.2, 0) is 9.53 Å². The van der Waals surface area contributed by atoms with Gasteiger partial charge in [-0.2, -0.15) is 13.2 Å². The van der Waals surface area contributed by atoms with Gasteiger partial charge in [0.25, 0.3) is 5.56 Å². The van der Waals surface area contributed by atoms with Gasteiger partial charge in [0.15, 0.2) is 5.57 Å². The average molecular weight is 347 g/mol. The molecular weight excluding hydrogens is 337 g/mol. The summed E-state index contributed by atoms with van der Waals surface area (Å²) in [5.74, 6) is -1.67. The number of alkyl halides is 3. The number of halogens is 4. The zero-order chi connectivity index (χ0) is 17.4. The van der Waals surface area contributed by atoms with E-state index in [1.54, 1.807) is 0 Å². The Morgan fingerprint density at radius 2 is 1.87 bits per heavy atom. The van der Waals surface area contributed by atoms with Crippen LogP contribution < -0.4 is 16.1 Å². The van der Waals surface area contributed by atoms with E-state index in [1.807, 2.05) is 0 Å². The number of hydrogen-bond acceptors (Lipinski definition) is 3. The third-order valence-corrected chi connectivity index (χ3v) is 3.23. The van der Waals surface area contributed by atoms with Gasteiger partial charge in [-0.25, -0.2) is 9.48 Å². The van der Waals surface area contributed by atoms with Gasteiger partial charge in [0, 0.05) is 5.02 Å². The van der Waals surface area contributed by atoms with Gasteiger partial charge >= 0.3 is 12.1 Å². The van der Waals surface area contributed by atoms with Crippen LogP contribution >= 0.6 is 11.6 Å². The zero-order valence-electron chi connectivity index (χ0n) is 11.7. The summed E-state index contributed by atoms with van der Waals surface area (Å²) in [5.41, 5.74) is -2.55. The molecule has 122 valence electrons. The van der Waals surface area contributed by atoms with E-state index in [1.165, 1.54) is 24.3 Å². The molecule has 0 radical (unpaired) electrons. The second-order valence-corrected chi connectivity index (χ2v) is 4.88. The number of ether oxygens (including phenoxy) is 1. The van der Waals surface area contributed by atoms with E-state index >= 15 is 0 Å². The first kappa shape index (κ1) is 16.9. The second-order valence-electron chi connectivity index (χ2n) is 4.45. The minimum Gasteiger partial charge on any atom is -0.465 e. The zero-order valence-corrected chi connectivity index (χ0v) is 12.5.